The van der Waals surface area contributed by atoms with E-state index in [2.05, 4.69) is 10.3 Å². The largest absolute Gasteiger partial charge is 0.469 e. The summed E-state index contributed by atoms with van der Waals surface area (Å²) in [4.78, 5) is 69.3. The van der Waals surface area contributed by atoms with Gasteiger partial charge in [0.05, 0.1) is 12.5 Å². The van der Waals surface area contributed by atoms with Gasteiger partial charge in [0.25, 0.3) is 5.91 Å². The van der Waals surface area contributed by atoms with Gasteiger partial charge in [-0.2, -0.15) is 0 Å². The van der Waals surface area contributed by atoms with E-state index in [4.69, 9.17) is 9.47 Å². The molecule has 0 unspecified atom stereocenters. The monoisotopic (exact) mass is 591 g/mol. The molecule has 3 fully saturated rings. The molecule has 3 saturated carbocycles. The molecule has 4 rings (SSSR count). The number of nitrogens with zero attached hydrogens (tertiary/aromatic N) is 2. The van der Waals surface area contributed by atoms with E-state index in [1.807, 2.05) is 27.7 Å². The average Bonchev–Trinajstić information content (AvgIpc) is 3.38. The highest BCUT2D eigenvalue weighted by Crippen LogP contribution is 2.67. The van der Waals surface area contributed by atoms with Crippen LogP contribution in [0.2, 0.25) is 0 Å². The maximum Gasteiger partial charge on any atom is 0.312 e. The van der Waals surface area contributed by atoms with Crippen molar-refractivity contribution in [3.63, 3.8) is 0 Å². The van der Waals surface area contributed by atoms with Crippen LogP contribution in [0.4, 0.5) is 0 Å². The van der Waals surface area contributed by atoms with Crippen LogP contribution in [0.1, 0.15) is 108 Å². The topological polar surface area (TPSA) is 132 Å². The average molecular weight is 592 g/mol. The lowest BCUT2D eigenvalue weighted by molar-refractivity contribution is -0.199. The number of esters is 2. The van der Waals surface area contributed by atoms with Crippen molar-refractivity contribution < 1.29 is 33.4 Å². The van der Waals surface area contributed by atoms with E-state index in [9.17, 15) is 24.0 Å². The molecule has 11 heteroatoms. The summed E-state index contributed by atoms with van der Waals surface area (Å²) >= 11 is 1.23. The number of nitrogens with one attached hydrogen (secondary N) is 1. The van der Waals surface area contributed by atoms with Gasteiger partial charge in [-0.05, 0) is 31.1 Å². The standard InChI is InChI=1S/C30H45N3O7S/c1-9-18(5)21(11-20(35)10-2)27(37)33(7)23(17(3)4)12-24(40-19(6)34)26-31-22(13-41-26)25(36)32-30-14-29(15-30,16-30)28(38)39-8/h13,17-18,21,23-24H,9-12,14-16H2,1-8H3,(H,32,36)/t18-,21+,23-,24-,29?,30?/m1/s1. The van der Waals surface area contributed by atoms with E-state index in [0.717, 1.165) is 6.42 Å². The van der Waals surface area contributed by atoms with E-state index in [-0.39, 0.29) is 53.6 Å². The minimum absolute atomic E-state index is 0.0237. The lowest BCUT2D eigenvalue weighted by Crippen LogP contribution is -2.77. The Bertz CT molecular complexity index is 1140. The van der Waals surface area contributed by atoms with Gasteiger partial charge in [-0.1, -0.05) is 41.0 Å². The van der Waals surface area contributed by atoms with Crippen molar-refractivity contribution >= 4 is 40.9 Å². The van der Waals surface area contributed by atoms with Crippen LogP contribution in [0.15, 0.2) is 5.38 Å². The Labute approximate surface area is 246 Å². The van der Waals surface area contributed by atoms with Crippen molar-refractivity contribution in [1.29, 1.82) is 0 Å². The normalized spacial score (nSPS) is 23.7. The second-order valence-electron chi connectivity index (χ2n) is 12.3. The fourth-order valence-corrected chi connectivity index (χ4v) is 7.16. The van der Waals surface area contributed by atoms with Crippen molar-refractivity contribution in [1.82, 2.24) is 15.2 Å². The molecular formula is C30H45N3O7S. The number of carbonyl (C=O) groups excluding carboxylic acids is 5. The summed E-state index contributed by atoms with van der Waals surface area (Å²) in [5, 5.41) is 5.13. The third kappa shape index (κ3) is 6.98. The fraction of sp³-hybridized carbons (Fsp3) is 0.733. The lowest BCUT2D eigenvalue weighted by atomic mass is 9.39. The van der Waals surface area contributed by atoms with Crippen LogP contribution in [-0.4, -0.2) is 65.2 Å². The van der Waals surface area contributed by atoms with E-state index < -0.39 is 28.9 Å². The van der Waals surface area contributed by atoms with E-state index in [1.54, 1.807) is 24.3 Å². The molecular weight excluding hydrogens is 546 g/mol. The van der Waals surface area contributed by atoms with E-state index in [1.165, 1.54) is 25.4 Å². The van der Waals surface area contributed by atoms with E-state index >= 15 is 0 Å². The van der Waals surface area contributed by atoms with Gasteiger partial charge in [0.15, 0.2) is 6.10 Å². The molecule has 228 valence electrons. The molecule has 3 aliphatic rings. The van der Waals surface area contributed by atoms with Gasteiger partial charge in [-0.3, -0.25) is 24.0 Å². The predicted octanol–water partition coefficient (Wildman–Crippen LogP) is 4.48. The first-order chi connectivity index (χ1) is 19.2. The second kappa shape index (κ2) is 13.0. The van der Waals surface area contributed by atoms with Crippen molar-refractivity contribution in [2.75, 3.05) is 14.2 Å². The molecule has 1 N–H and O–H groups in total. The van der Waals surface area contributed by atoms with Gasteiger partial charge in [0.1, 0.15) is 16.5 Å². The zero-order valence-corrected chi connectivity index (χ0v) is 26.4. The molecule has 2 bridgehead atoms. The molecule has 0 spiro atoms. The number of Topliss-reactive ketones (excluding diaryl/α,β-unsaturated/α-hetero) is 1. The zero-order valence-electron chi connectivity index (χ0n) is 25.6. The zero-order chi connectivity index (χ0) is 30.7. The Morgan fingerprint density at radius 1 is 1.12 bits per heavy atom. The number of ether oxygens (including phenoxy) is 2. The summed E-state index contributed by atoms with van der Waals surface area (Å²) in [7, 11) is 3.12. The number of amides is 2. The molecule has 4 atom stereocenters. The van der Waals surface area contributed by atoms with Gasteiger partial charge in [-0.15, -0.1) is 11.3 Å². The van der Waals surface area contributed by atoms with Crippen molar-refractivity contribution in [2.45, 2.75) is 104 Å². The van der Waals surface area contributed by atoms with Crippen molar-refractivity contribution in [3.8, 4) is 0 Å². The third-order valence-corrected chi connectivity index (χ3v) is 9.86. The number of methoxy groups -OCH3 is 1. The quantitative estimate of drug-likeness (QED) is 0.296. The van der Waals surface area contributed by atoms with Gasteiger partial charge in [-0.25, -0.2) is 4.98 Å². The SMILES string of the molecule is CCC(=O)C[C@H](C(=O)N(C)[C@H](C[C@@H](OC(C)=O)c1nc(C(=O)NC23CC(C(=O)OC)(C2)C3)cs1)C(C)C)[C@H](C)CC. The first-order valence-electron chi connectivity index (χ1n) is 14.5. The Hall–Kier alpha value is -2.82. The third-order valence-electron chi connectivity index (χ3n) is 8.93. The maximum atomic E-state index is 13.7. The minimum atomic E-state index is -0.751. The molecule has 1 aromatic heterocycles. The van der Waals surface area contributed by atoms with Gasteiger partial charge < -0.3 is 19.7 Å². The summed E-state index contributed by atoms with van der Waals surface area (Å²) in [5.41, 5.74) is -0.649. The highest BCUT2D eigenvalue weighted by Gasteiger charge is 2.73. The molecule has 0 aliphatic heterocycles. The van der Waals surface area contributed by atoms with Crippen molar-refractivity contribution in [2.24, 2.45) is 23.2 Å². The lowest BCUT2D eigenvalue weighted by Gasteiger charge is -2.68. The Balaban J connectivity index is 1.74. The number of rotatable bonds is 15. The fourth-order valence-electron chi connectivity index (χ4n) is 6.33. The molecule has 1 aromatic rings. The van der Waals surface area contributed by atoms with Crippen LogP contribution < -0.4 is 5.32 Å². The predicted molar refractivity (Wildman–Crippen MR) is 154 cm³/mol. The van der Waals surface area contributed by atoms with Gasteiger partial charge in [0.2, 0.25) is 5.91 Å². The van der Waals surface area contributed by atoms with Crippen LogP contribution in [-0.2, 0) is 28.7 Å². The van der Waals surface area contributed by atoms with Gasteiger partial charge in [0, 0.05) is 56.1 Å². The molecule has 0 radical (unpaired) electrons. The van der Waals surface area contributed by atoms with Crippen LogP contribution >= 0.6 is 11.3 Å². The molecule has 1 heterocycles. The Kier molecular flexibility index (Phi) is 10.4. The molecule has 2 amide bonds. The number of thiazole rings is 1. The second-order valence-corrected chi connectivity index (χ2v) is 13.2. The minimum Gasteiger partial charge on any atom is -0.469 e. The molecule has 3 aliphatic carbocycles. The smallest absolute Gasteiger partial charge is 0.312 e. The number of hydrogen-bond acceptors (Lipinski definition) is 9. The molecule has 0 saturated heterocycles. The summed E-state index contributed by atoms with van der Waals surface area (Å²) in [5.74, 6) is -1.44. The summed E-state index contributed by atoms with van der Waals surface area (Å²) < 4.78 is 10.6. The number of hydrogen-bond donors (Lipinski definition) is 1. The summed E-state index contributed by atoms with van der Waals surface area (Å²) in [6.45, 7) is 11.1. The number of carbonyl (C=O) groups is 5. The van der Waals surface area contributed by atoms with Crippen molar-refractivity contribution in [3.05, 3.63) is 16.1 Å². The number of ketones is 1. The van der Waals surface area contributed by atoms with Crippen LogP contribution in [0.25, 0.3) is 0 Å². The molecule has 10 nitrogen and oxygen atoms in total. The summed E-state index contributed by atoms with van der Waals surface area (Å²) in [6, 6.07) is -0.299. The first-order valence-corrected chi connectivity index (χ1v) is 15.4. The van der Waals surface area contributed by atoms with Gasteiger partial charge >= 0.3 is 11.9 Å². The number of aromatic nitrogens is 1. The molecule has 0 aromatic carbocycles. The summed E-state index contributed by atoms with van der Waals surface area (Å²) in [6.07, 6.45) is 2.60. The van der Waals surface area contributed by atoms with Crippen LogP contribution in [0, 0.1) is 23.2 Å². The first kappa shape index (κ1) is 32.7. The van der Waals surface area contributed by atoms with Crippen LogP contribution in [0.5, 0.6) is 0 Å². The van der Waals surface area contributed by atoms with Crippen LogP contribution in [0.3, 0.4) is 0 Å². The highest BCUT2D eigenvalue weighted by molar-refractivity contribution is 7.09. The Morgan fingerprint density at radius 3 is 2.27 bits per heavy atom. The maximum absolute atomic E-state index is 13.7. The van der Waals surface area contributed by atoms with E-state index in [0.29, 0.717) is 37.1 Å². The highest BCUT2D eigenvalue weighted by atomic mass is 32.1. The molecule has 41 heavy (non-hydrogen) atoms. The Morgan fingerprint density at radius 2 is 1.76 bits per heavy atom.